The molecule has 5 heteroatoms. The second-order valence-corrected chi connectivity index (χ2v) is 15.5. The Kier molecular flexibility index (Phi) is 9.16. The molecule has 0 saturated heterocycles. The van der Waals surface area contributed by atoms with Gasteiger partial charge in [0.25, 0.3) is 0 Å². The Morgan fingerprint density at radius 1 is 1.03 bits per heavy atom. The molecule has 0 spiro atoms. The molecule has 4 rings (SSSR count). The van der Waals surface area contributed by atoms with Crippen molar-refractivity contribution in [1.29, 1.82) is 0 Å². The molecule has 4 aliphatic rings. The van der Waals surface area contributed by atoms with Crippen LogP contribution in [0.5, 0.6) is 0 Å². The van der Waals surface area contributed by atoms with Crippen molar-refractivity contribution in [3.8, 4) is 0 Å². The fraction of sp³-hybridized carbons (Fsp3) is 0.938. The standard InChI is InChI=1S/C32H54O4S/c1-7-30(3,4)29(35)36-23-14-16-31(5)22(20-23)9-10-24-26-12-11-25(32(26,6)17-15-27(24)31)21(2)8-13-28(34)37-19-18-33/h21-27,33H,7-20H2,1-6H3. The first-order valence-electron chi connectivity index (χ1n) is 15.4. The molecule has 4 aliphatic carbocycles. The maximum Gasteiger partial charge on any atom is 0.311 e. The van der Waals surface area contributed by atoms with E-state index in [2.05, 4.69) is 27.7 Å². The number of rotatable bonds is 9. The van der Waals surface area contributed by atoms with Crippen molar-refractivity contribution in [3.05, 3.63) is 0 Å². The average molecular weight is 535 g/mol. The van der Waals surface area contributed by atoms with Gasteiger partial charge in [-0.05, 0) is 131 Å². The molecule has 0 aromatic rings. The summed E-state index contributed by atoms with van der Waals surface area (Å²) < 4.78 is 6.09. The molecular weight excluding hydrogens is 480 g/mol. The predicted octanol–water partition coefficient (Wildman–Crippen LogP) is 7.66. The van der Waals surface area contributed by atoms with Gasteiger partial charge in [0.05, 0.1) is 12.0 Å². The van der Waals surface area contributed by atoms with Crippen LogP contribution in [-0.4, -0.2) is 34.7 Å². The van der Waals surface area contributed by atoms with Gasteiger partial charge in [0.15, 0.2) is 5.12 Å². The second-order valence-electron chi connectivity index (χ2n) is 14.4. The second kappa shape index (κ2) is 11.5. The van der Waals surface area contributed by atoms with Gasteiger partial charge in [-0.25, -0.2) is 0 Å². The molecule has 1 N–H and O–H groups in total. The Bertz CT molecular complexity index is 826. The summed E-state index contributed by atoms with van der Waals surface area (Å²) in [6.07, 6.45) is 13.9. The van der Waals surface area contributed by atoms with Gasteiger partial charge in [-0.3, -0.25) is 9.59 Å². The lowest BCUT2D eigenvalue weighted by atomic mass is 9.44. The highest BCUT2D eigenvalue weighted by Gasteiger charge is 2.60. The van der Waals surface area contributed by atoms with Crippen molar-refractivity contribution in [1.82, 2.24) is 0 Å². The summed E-state index contributed by atoms with van der Waals surface area (Å²) in [5, 5.41) is 9.25. The first-order chi connectivity index (χ1) is 17.5. The number of ether oxygens (including phenoxy) is 1. The van der Waals surface area contributed by atoms with Gasteiger partial charge in [-0.15, -0.1) is 0 Å². The minimum atomic E-state index is -0.381. The van der Waals surface area contributed by atoms with Gasteiger partial charge in [-0.2, -0.15) is 0 Å². The molecule has 0 heterocycles. The van der Waals surface area contributed by atoms with Gasteiger partial charge < -0.3 is 9.84 Å². The third-order valence-electron chi connectivity index (χ3n) is 12.2. The average Bonchev–Trinajstić information content (AvgIpc) is 3.23. The van der Waals surface area contributed by atoms with Crippen molar-refractivity contribution in [3.63, 3.8) is 0 Å². The molecule has 4 nitrogen and oxygen atoms in total. The maximum absolute atomic E-state index is 12.8. The molecule has 9 unspecified atom stereocenters. The molecule has 4 fully saturated rings. The number of fused-ring (bicyclic) bond motifs is 5. The fourth-order valence-electron chi connectivity index (χ4n) is 9.53. The summed E-state index contributed by atoms with van der Waals surface area (Å²) in [5.41, 5.74) is 0.435. The Morgan fingerprint density at radius 3 is 2.43 bits per heavy atom. The number of hydrogen-bond donors (Lipinski definition) is 1. The van der Waals surface area contributed by atoms with Gasteiger partial charge in [0.1, 0.15) is 6.10 Å². The molecule has 0 bridgehead atoms. The van der Waals surface area contributed by atoms with Crippen LogP contribution in [0, 0.1) is 51.8 Å². The zero-order chi connectivity index (χ0) is 27.0. The molecule has 0 aromatic heterocycles. The van der Waals surface area contributed by atoms with Crippen LogP contribution < -0.4 is 0 Å². The SMILES string of the molecule is CCC(C)(C)C(=O)OC1CCC2(C)C(CCC3C2CCC2(C)C(C(C)CCC(=O)SCCO)CCC32)C1. The molecule has 4 saturated carbocycles. The zero-order valence-corrected chi connectivity index (χ0v) is 25.3. The lowest BCUT2D eigenvalue weighted by Gasteiger charge is -2.61. The summed E-state index contributed by atoms with van der Waals surface area (Å²) >= 11 is 1.30. The molecular formula is C32H54O4S. The first-order valence-corrected chi connectivity index (χ1v) is 16.4. The summed E-state index contributed by atoms with van der Waals surface area (Å²) in [4.78, 5) is 25.0. The van der Waals surface area contributed by atoms with E-state index >= 15 is 0 Å². The van der Waals surface area contributed by atoms with E-state index in [0.717, 1.165) is 49.4 Å². The molecule has 0 amide bonds. The van der Waals surface area contributed by atoms with E-state index in [1.165, 1.54) is 56.7 Å². The Labute approximate surface area is 230 Å². The van der Waals surface area contributed by atoms with E-state index in [9.17, 15) is 9.59 Å². The minimum absolute atomic E-state index is 0.00877. The number of aliphatic hydroxyl groups excluding tert-OH is 1. The lowest BCUT2D eigenvalue weighted by molar-refractivity contribution is -0.171. The maximum atomic E-state index is 12.8. The molecule has 37 heavy (non-hydrogen) atoms. The summed E-state index contributed by atoms with van der Waals surface area (Å²) in [7, 11) is 0. The van der Waals surface area contributed by atoms with Gasteiger partial charge in [0, 0.05) is 12.2 Å². The number of hydrogen-bond acceptors (Lipinski definition) is 5. The highest BCUT2D eigenvalue weighted by atomic mass is 32.2. The Morgan fingerprint density at radius 2 is 1.73 bits per heavy atom. The van der Waals surface area contributed by atoms with Crippen molar-refractivity contribution < 1.29 is 19.4 Å². The third kappa shape index (κ3) is 5.70. The van der Waals surface area contributed by atoms with Gasteiger partial charge in [0.2, 0.25) is 0 Å². The molecule has 0 aromatic carbocycles. The predicted molar refractivity (Wildman–Crippen MR) is 152 cm³/mol. The normalized spacial score (nSPS) is 40.3. The van der Waals surface area contributed by atoms with E-state index in [0.29, 0.717) is 34.8 Å². The van der Waals surface area contributed by atoms with E-state index in [-0.39, 0.29) is 29.2 Å². The van der Waals surface area contributed by atoms with Crippen LogP contribution in [0.15, 0.2) is 0 Å². The topological polar surface area (TPSA) is 63.6 Å². The van der Waals surface area contributed by atoms with Crippen molar-refractivity contribution in [2.24, 2.45) is 51.8 Å². The van der Waals surface area contributed by atoms with Gasteiger partial charge >= 0.3 is 5.97 Å². The number of carbonyl (C=O) groups is 2. The van der Waals surface area contributed by atoms with E-state index in [1.807, 2.05) is 13.8 Å². The summed E-state index contributed by atoms with van der Waals surface area (Å²) in [5.74, 6) is 5.02. The fourth-order valence-corrected chi connectivity index (χ4v) is 10.1. The highest BCUT2D eigenvalue weighted by molar-refractivity contribution is 8.13. The summed E-state index contributed by atoms with van der Waals surface area (Å²) in [6.45, 7) is 13.8. The molecule has 9 atom stereocenters. The highest BCUT2D eigenvalue weighted by Crippen LogP contribution is 2.68. The minimum Gasteiger partial charge on any atom is -0.462 e. The Balaban J connectivity index is 1.38. The smallest absolute Gasteiger partial charge is 0.311 e. The quantitative estimate of drug-likeness (QED) is 0.308. The summed E-state index contributed by atoms with van der Waals surface area (Å²) in [6, 6.07) is 0. The Hall–Kier alpha value is -0.550. The van der Waals surface area contributed by atoms with E-state index < -0.39 is 0 Å². The third-order valence-corrected chi connectivity index (χ3v) is 13.2. The van der Waals surface area contributed by atoms with E-state index in [1.54, 1.807) is 0 Å². The zero-order valence-electron chi connectivity index (χ0n) is 24.5. The lowest BCUT2D eigenvalue weighted by Crippen LogP contribution is -2.54. The van der Waals surface area contributed by atoms with E-state index in [4.69, 9.17) is 9.84 Å². The number of thioether (sulfide) groups is 1. The van der Waals surface area contributed by atoms with Crippen LogP contribution >= 0.6 is 11.8 Å². The number of aliphatic hydroxyl groups is 1. The van der Waals surface area contributed by atoms with Crippen molar-refractivity contribution in [2.45, 2.75) is 125 Å². The first kappa shape index (κ1) is 29.4. The molecule has 212 valence electrons. The van der Waals surface area contributed by atoms with Crippen molar-refractivity contribution >= 4 is 22.8 Å². The number of esters is 1. The molecule has 0 radical (unpaired) electrons. The van der Waals surface area contributed by atoms with Crippen LogP contribution in [0.4, 0.5) is 0 Å². The molecule has 0 aliphatic heterocycles. The van der Waals surface area contributed by atoms with Crippen LogP contribution in [0.25, 0.3) is 0 Å². The number of carbonyl (C=O) groups excluding carboxylic acids is 2. The van der Waals surface area contributed by atoms with Gasteiger partial charge in [-0.1, -0.05) is 39.5 Å². The van der Waals surface area contributed by atoms with Crippen LogP contribution in [-0.2, 0) is 14.3 Å². The van der Waals surface area contributed by atoms with Crippen LogP contribution in [0.2, 0.25) is 0 Å². The van der Waals surface area contributed by atoms with Crippen LogP contribution in [0.1, 0.15) is 119 Å². The monoisotopic (exact) mass is 534 g/mol. The van der Waals surface area contributed by atoms with Crippen molar-refractivity contribution in [2.75, 3.05) is 12.4 Å². The van der Waals surface area contributed by atoms with Crippen LogP contribution in [0.3, 0.4) is 0 Å². The largest absolute Gasteiger partial charge is 0.462 e.